The molecule has 0 N–H and O–H groups in total. The van der Waals surface area contributed by atoms with Crippen molar-refractivity contribution in [3.63, 3.8) is 0 Å². The number of carbonyl (C=O) groups is 1. The Morgan fingerprint density at radius 3 is 2.19 bits per heavy atom. The minimum Gasteiger partial charge on any atom is -0.465 e. The molecule has 0 radical (unpaired) electrons. The van der Waals surface area contributed by atoms with Gasteiger partial charge in [-0.25, -0.2) is 9.18 Å². The van der Waals surface area contributed by atoms with E-state index in [1.807, 2.05) is 27.7 Å². The van der Waals surface area contributed by atoms with Gasteiger partial charge >= 0.3 is 13.1 Å². The number of rotatable bonds is 2. The highest BCUT2D eigenvalue weighted by Gasteiger charge is 2.52. The third kappa shape index (κ3) is 2.70. The highest BCUT2D eigenvalue weighted by Crippen LogP contribution is 2.36. The highest BCUT2D eigenvalue weighted by atomic mass is 19.1. The molecule has 0 aromatic heterocycles. The van der Waals surface area contributed by atoms with Gasteiger partial charge in [0.05, 0.1) is 23.9 Å². The molecule has 1 aliphatic rings. The summed E-state index contributed by atoms with van der Waals surface area (Å²) < 4.78 is 30.8. The first-order chi connectivity index (χ1) is 9.59. The normalized spacial score (nSPS) is 19.7. The summed E-state index contributed by atoms with van der Waals surface area (Å²) in [6.07, 6.45) is 0. The van der Waals surface area contributed by atoms with Crippen LogP contribution in [-0.2, 0) is 14.0 Å². The van der Waals surface area contributed by atoms with E-state index in [0.717, 1.165) is 0 Å². The summed E-state index contributed by atoms with van der Waals surface area (Å²) in [4.78, 5) is 11.7. The maximum atomic E-state index is 14.4. The Kier molecular flexibility index (Phi) is 3.89. The van der Waals surface area contributed by atoms with Crippen LogP contribution in [0.2, 0.25) is 0 Å². The van der Waals surface area contributed by atoms with Crippen LogP contribution in [0, 0.1) is 12.7 Å². The highest BCUT2D eigenvalue weighted by molar-refractivity contribution is 6.62. The number of esters is 1. The van der Waals surface area contributed by atoms with Gasteiger partial charge in [0.1, 0.15) is 5.82 Å². The topological polar surface area (TPSA) is 44.8 Å². The van der Waals surface area contributed by atoms with Crippen LogP contribution in [0.4, 0.5) is 4.39 Å². The van der Waals surface area contributed by atoms with E-state index < -0.39 is 30.1 Å². The lowest BCUT2D eigenvalue weighted by atomic mass is 9.77. The van der Waals surface area contributed by atoms with Crippen LogP contribution >= 0.6 is 0 Å². The average Bonchev–Trinajstić information content (AvgIpc) is 2.60. The van der Waals surface area contributed by atoms with Crippen molar-refractivity contribution in [3.8, 4) is 0 Å². The van der Waals surface area contributed by atoms with Gasteiger partial charge in [0.2, 0.25) is 0 Å². The number of ether oxygens (including phenoxy) is 1. The van der Waals surface area contributed by atoms with Crippen molar-refractivity contribution in [2.75, 3.05) is 7.11 Å². The number of halogens is 1. The molecule has 114 valence electrons. The van der Waals surface area contributed by atoms with E-state index in [0.29, 0.717) is 5.56 Å². The zero-order valence-electron chi connectivity index (χ0n) is 13.2. The Morgan fingerprint density at radius 1 is 1.19 bits per heavy atom. The summed E-state index contributed by atoms with van der Waals surface area (Å²) in [5.74, 6) is -0.947. The fourth-order valence-corrected chi connectivity index (χ4v) is 2.17. The molecule has 0 aliphatic carbocycles. The van der Waals surface area contributed by atoms with E-state index in [1.54, 1.807) is 6.92 Å². The molecule has 1 aromatic carbocycles. The smallest absolute Gasteiger partial charge is 0.465 e. The van der Waals surface area contributed by atoms with Gasteiger partial charge in [0.25, 0.3) is 0 Å². The van der Waals surface area contributed by atoms with Crippen LogP contribution in [-0.4, -0.2) is 31.4 Å². The first-order valence-corrected chi connectivity index (χ1v) is 6.83. The molecule has 0 atom stereocenters. The minimum absolute atomic E-state index is 0.217. The van der Waals surface area contributed by atoms with Crippen molar-refractivity contribution in [2.45, 2.75) is 45.8 Å². The maximum absolute atomic E-state index is 14.4. The summed E-state index contributed by atoms with van der Waals surface area (Å²) in [7, 11) is 0.438. The first kappa shape index (κ1) is 16.0. The van der Waals surface area contributed by atoms with Crippen molar-refractivity contribution in [2.24, 2.45) is 0 Å². The van der Waals surface area contributed by atoms with E-state index >= 15 is 0 Å². The molecular weight excluding hydrogens is 274 g/mol. The van der Waals surface area contributed by atoms with Gasteiger partial charge in [0, 0.05) is 5.46 Å². The van der Waals surface area contributed by atoms with Crippen LogP contribution in [0.5, 0.6) is 0 Å². The zero-order chi connectivity index (χ0) is 16.0. The standard InChI is InChI=1S/C15H20BFO4/c1-9-7-10(13(18)19-6)8-11(12(9)17)16-20-14(2,3)15(4,5)21-16/h7-8H,1-6H3. The third-order valence-electron chi connectivity index (χ3n) is 4.21. The van der Waals surface area contributed by atoms with Crippen molar-refractivity contribution in [3.05, 3.63) is 29.1 Å². The molecule has 6 heteroatoms. The Hall–Kier alpha value is -1.40. The summed E-state index contributed by atoms with van der Waals surface area (Å²) in [6, 6.07) is 2.88. The SMILES string of the molecule is COC(=O)c1cc(C)c(F)c(B2OC(C)(C)C(C)(C)O2)c1. The minimum atomic E-state index is -0.849. The summed E-state index contributed by atoms with van der Waals surface area (Å²) in [6.45, 7) is 9.16. The van der Waals surface area contributed by atoms with Crippen molar-refractivity contribution >= 4 is 18.6 Å². The van der Waals surface area contributed by atoms with E-state index in [9.17, 15) is 9.18 Å². The molecule has 0 saturated carbocycles. The molecule has 2 rings (SSSR count). The van der Waals surface area contributed by atoms with Crippen LogP contribution in [0.25, 0.3) is 0 Å². The second-order valence-electron chi connectivity index (χ2n) is 6.28. The second kappa shape index (κ2) is 5.11. The lowest BCUT2D eigenvalue weighted by molar-refractivity contribution is 0.00578. The molecule has 1 heterocycles. The number of aryl methyl sites for hydroxylation is 1. The molecule has 21 heavy (non-hydrogen) atoms. The fraction of sp³-hybridized carbons (Fsp3) is 0.533. The van der Waals surface area contributed by atoms with Crippen LogP contribution in [0.1, 0.15) is 43.6 Å². The van der Waals surface area contributed by atoms with Crippen LogP contribution in [0.15, 0.2) is 12.1 Å². The predicted molar refractivity (Wildman–Crippen MR) is 78.2 cm³/mol. The van der Waals surface area contributed by atoms with E-state index in [-0.39, 0.29) is 11.0 Å². The number of methoxy groups -OCH3 is 1. The fourth-order valence-electron chi connectivity index (χ4n) is 2.17. The number of carbonyl (C=O) groups excluding carboxylic acids is 1. The van der Waals surface area contributed by atoms with Gasteiger partial charge in [-0.3, -0.25) is 0 Å². The van der Waals surface area contributed by atoms with Crippen molar-refractivity contribution < 1.29 is 23.2 Å². The van der Waals surface area contributed by atoms with Crippen LogP contribution in [0.3, 0.4) is 0 Å². The molecule has 1 aliphatic heterocycles. The van der Waals surface area contributed by atoms with Gasteiger partial charge in [-0.2, -0.15) is 0 Å². The van der Waals surface area contributed by atoms with Crippen LogP contribution < -0.4 is 5.46 Å². The Bertz CT molecular complexity index is 567. The second-order valence-corrected chi connectivity index (χ2v) is 6.28. The summed E-state index contributed by atoms with van der Waals surface area (Å²) >= 11 is 0. The molecule has 0 bridgehead atoms. The lowest BCUT2D eigenvalue weighted by Gasteiger charge is -2.32. The van der Waals surface area contributed by atoms with E-state index in [4.69, 9.17) is 9.31 Å². The molecular formula is C15H20BFO4. The van der Waals surface area contributed by atoms with Crippen molar-refractivity contribution in [1.29, 1.82) is 0 Å². The number of benzene rings is 1. The van der Waals surface area contributed by atoms with Crippen molar-refractivity contribution in [1.82, 2.24) is 0 Å². The largest absolute Gasteiger partial charge is 0.497 e. The maximum Gasteiger partial charge on any atom is 0.497 e. The molecule has 1 saturated heterocycles. The zero-order valence-corrected chi connectivity index (χ0v) is 13.2. The lowest BCUT2D eigenvalue weighted by Crippen LogP contribution is -2.41. The Labute approximate surface area is 124 Å². The Balaban J connectivity index is 2.46. The molecule has 0 spiro atoms. The molecule has 1 aromatic rings. The van der Waals surface area contributed by atoms with Gasteiger partial charge in [-0.15, -0.1) is 0 Å². The average molecular weight is 294 g/mol. The summed E-state index contributed by atoms with van der Waals surface area (Å²) in [5.41, 5.74) is -0.295. The number of hydrogen-bond donors (Lipinski definition) is 0. The van der Waals surface area contributed by atoms with E-state index in [1.165, 1.54) is 19.2 Å². The Morgan fingerprint density at radius 2 is 1.71 bits per heavy atom. The molecule has 0 unspecified atom stereocenters. The molecule has 0 amide bonds. The number of hydrogen-bond acceptors (Lipinski definition) is 4. The van der Waals surface area contributed by atoms with E-state index in [2.05, 4.69) is 4.74 Å². The van der Waals surface area contributed by atoms with Gasteiger partial charge in [-0.05, 0) is 52.3 Å². The molecule has 1 fully saturated rings. The summed E-state index contributed by atoms with van der Waals surface area (Å²) in [5, 5.41) is 0. The predicted octanol–water partition coefficient (Wildman–Crippen LogP) is 2.22. The quantitative estimate of drug-likeness (QED) is 0.620. The monoisotopic (exact) mass is 294 g/mol. The molecule has 4 nitrogen and oxygen atoms in total. The third-order valence-corrected chi connectivity index (χ3v) is 4.21. The van der Waals surface area contributed by atoms with Gasteiger partial charge in [-0.1, -0.05) is 0 Å². The van der Waals surface area contributed by atoms with Gasteiger partial charge < -0.3 is 14.0 Å². The van der Waals surface area contributed by atoms with Gasteiger partial charge in [0.15, 0.2) is 0 Å². The first-order valence-electron chi connectivity index (χ1n) is 6.83.